The number of likely N-dealkylation sites (N-methyl/N-ethyl adjacent to an activating group) is 1. The number of aryl methyl sites for hydroxylation is 2. The van der Waals surface area contributed by atoms with Crippen molar-refractivity contribution in [3.8, 4) is 17.1 Å². The lowest BCUT2D eigenvalue weighted by Crippen LogP contribution is -2.31. The minimum atomic E-state index is -0.162. The van der Waals surface area contributed by atoms with Gasteiger partial charge in [-0.25, -0.2) is 0 Å². The molecule has 1 aromatic heterocycles. The van der Waals surface area contributed by atoms with E-state index in [2.05, 4.69) is 22.3 Å². The molecule has 1 aliphatic carbocycles. The van der Waals surface area contributed by atoms with Crippen LogP contribution in [0.3, 0.4) is 0 Å². The van der Waals surface area contributed by atoms with E-state index >= 15 is 0 Å². The van der Waals surface area contributed by atoms with Crippen molar-refractivity contribution in [3.63, 3.8) is 0 Å². The van der Waals surface area contributed by atoms with Gasteiger partial charge in [0.1, 0.15) is 5.75 Å². The van der Waals surface area contributed by atoms with Crippen molar-refractivity contribution < 1.29 is 14.1 Å². The highest BCUT2D eigenvalue weighted by Crippen LogP contribution is 2.25. The Morgan fingerprint density at radius 2 is 2.00 bits per heavy atom. The molecule has 7 heteroatoms. The highest BCUT2D eigenvalue weighted by atomic mass is 35.5. The monoisotopic (exact) mass is 411 g/mol. The largest absolute Gasteiger partial charge is 0.484 e. The molecule has 4 rings (SSSR count). The van der Waals surface area contributed by atoms with Gasteiger partial charge in [0.2, 0.25) is 11.7 Å². The number of rotatable bonds is 6. The Bertz CT molecular complexity index is 1020. The SMILES string of the molecule is CN(Cc1nc(-c2cccc(Cl)c2)no1)C(=O)COc1ccc2c(c1)CCCC2. The van der Waals surface area contributed by atoms with Gasteiger partial charge in [0.25, 0.3) is 5.91 Å². The summed E-state index contributed by atoms with van der Waals surface area (Å²) in [4.78, 5) is 18.3. The quantitative estimate of drug-likeness (QED) is 0.604. The summed E-state index contributed by atoms with van der Waals surface area (Å²) in [7, 11) is 1.68. The number of carbonyl (C=O) groups excluding carboxylic acids is 1. The third kappa shape index (κ3) is 4.77. The van der Waals surface area contributed by atoms with E-state index in [1.807, 2.05) is 18.2 Å². The van der Waals surface area contributed by atoms with Gasteiger partial charge in [-0.2, -0.15) is 4.98 Å². The Kier molecular flexibility index (Phi) is 5.81. The number of hydrogen-bond donors (Lipinski definition) is 0. The molecule has 0 bridgehead atoms. The molecule has 0 radical (unpaired) electrons. The minimum absolute atomic E-state index is 0.0371. The molecule has 29 heavy (non-hydrogen) atoms. The fourth-order valence-electron chi connectivity index (χ4n) is 3.41. The summed E-state index contributed by atoms with van der Waals surface area (Å²) in [5.41, 5.74) is 3.48. The average Bonchev–Trinajstić information content (AvgIpc) is 3.20. The third-order valence-corrected chi connectivity index (χ3v) is 5.27. The molecule has 0 saturated heterocycles. The first-order valence-corrected chi connectivity index (χ1v) is 10.0. The van der Waals surface area contributed by atoms with Gasteiger partial charge < -0.3 is 14.2 Å². The zero-order valence-electron chi connectivity index (χ0n) is 16.2. The van der Waals surface area contributed by atoms with Crippen molar-refractivity contribution in [2.75, 3.05) is 13.7 Å². The van der Waals surface area contributed by atoms with E-state index in [0.717, 1.165) is 24.2 Å². The van der Waals surface area contributed by atoms with Crippen LogP contribution in [0.25, 0.3) is 11.4 Å². The Labute approximate surface area is 174 Å². The molecule has 0 saturated carbocycles. The molecule has 0 aliphatic heterocycles. The number of fused-ring (bicyclic) bond motifs is 1. The minimum Gasteiger partial charge on any atom is -0.484 e. The molecule has 1 heterocycles. The van der Waals surface area contributed by atoms with Gasteiger partial charge in [-0.05, 0) is 61.1 Å². The van der Waals surface area contributed by atoms with Crippen molar-refractivity contribution in [1.29, 1.82) is 0 Å². The van der Waals surface area contributed by atoms with Crippen LogP contribution >= 0.6 is 11.6 Å². The predicted octanol–water partition coefficient (Wildman–Crippen LogP) is 4.31. The highest BCUT2D eigenvalue weighted by molar-refractivity contribution is 6.30. The van der Waals surface area contributed by atoms with Crippen LogP contribution in [-0.4, -0.2) is 34.6 Å². The van der Waals surface area contributed by atoms with Crippen LogP contribution in [0.1, 0.15) is 29.9 Å². The standard InChI is InChI=1S/C22H22ClN3O3/c1-26(13-20-24-22(25-29-20)17-7-4-8-18(23)11-17)21(27)14-28-19-10-9-15-5-2-3-6-16(15)12-19/h4,7-12H,2-3,5-6,13-14H2,1H3. The zero-order chi connectivity index (χ0) is 20.2. The van der Waals surface area contributed by atoms with E-state index in [4.69, 9.17) is 20.9 Å². The van der Waals surface area contributed by atoms with Crippen molar-refractivity contribution in [2.24, 2.45) is 0 Å². The number of aromatic nitrogens is 2. The summed E-state index contributed by atoms with van der Waals surface area (Å²) in [6, 6.07) is 13.3. The van der Waals surface area contributed by atoms with Crippen LogP contribution in [-0.2, 0) is 24.2 Å². The molecule has 1 aliphatic rings. The fraction of sp³-hybridized carbons (Fsp3) is 0.318. The maximum atomic E-state index is 12.4. The van der Waals surface area contributed by atoms with Gasteiger partial charge in [-0.3, -0.25) is 4.79 Å². The lowest BCUT2D eigenvalue weighted by molar-refractivity contribution is -0.132. The molecular formula is C22H22ClN3O3. The zero-order valence-corrected chi connectivity index (χ0v) is 17.0. The molecule has 3 aromatic rings. The second-order valence-electron chi connectivity index (χ2n) is 7.20. The fourth-order valence-corrected chi connectivity index (χ4v) is 3.60. The lowest BCUT2D eigenvalue weighted by Gasteiger charge is -2.18. The number of halogens is 1. The molecule has 150 valence electrons. The molecule has 0 atom stereocenters. The van der Waals surface area contributed by atoms with Crippen molar-refractivity contribution in [2.45, 2.75) is 32.2 Å². The topological polar surface area (TPSA) is 68.5 Å². The second kappa shape index (κ2) is 8.66. The number of ether oxygens (including phenoxy) is 1. The van der Waals surface area contributed by atoms with E-state index in [1.54, 1.807) is 19.2 Å². The molecule has 6 nitrogen and oxygen atoms in total. The number of carbonyl (C=O) groups is 1. The van der Waals surface area contributed by atoms with Gasteiger partial charge in [0.05, 0.1) is 6.54 Å². The summed E-state index contributed by atoms with van der Waals surface area (Å²) in [5, 5.41) is 4.56. The molecule has 0 spiro atoms. The van der Waals surface area contributed by atoms with Gasteiger partial charge in [-0.15, -0.1) is 0 Å². The summed E-state index contributed by atoms with van der Waals surface area (Å²) in [5.74, 6) is 1.36. The Hall–Kier alpha value is -2.86. The van der Waals surface area contributed by atoms with Crippen molar-refractivity contribution in [1.82, 2.24) is 15.0 Å². The summed E-state index contributed by atoms with van der Waals surface area (Å²) < 4.78 is 11.0. The normalized spacial score (nSPS) is 13.0. The van der Waals surface area contributed by atoms with Crippen molar-refractivity contribution >= 4 is 17.5 Å². The Morgan fingerprint density at radius 1 is 1.17 bits per heavy atom. The summed E-state index contributed by atoms with van der Waals surface area (Å²) in [6.07, 6.45) is 4.65. The van der Waals surface area contributed by atoms with E-state index in [0.29, 0.717) is 16.7 Å². The van der Waals surface area contributed by atoms with Gasteiger partial charge in [-0.1, -0.05) is 35.0 Å². The Balaban J connectivity index is 1.33. The highest BCUT2D eigenvalue weighted by Gasteiger charge is 2.16. The van der Waals surface area contributed by atoms with Gasteiger partial charge in [0, 0.05) is 17.6 Å². The molecule has 0 unspecified atom stereocenters. The molecular weight excluding hydrogens is 390 g/mol. The number of benzene rings is 2. The number of amides is 1. The summed E-state index contributed by atoms with van der Waals surface area (Å²) in [6.45, 7) is 0.171. The van der Waals surface area contributed by atoms with Gasteiger partial charge >= 0.3 is 0 Å². The first-order chi connectivity index (χ1) is 14.1. The number of nitrogens with zero attached hydrogens (tertiary/aromatic N) is 3. The maximum Gasteiger partial charge on any atom is 0.260 e. The lowest BCUT2D eigenvalue weighted by atomic mass is 9.92. The van der Waals surface area contributed by atoms with E-state index < -0.39 is 0 Å². The van der Waals surface area contributed by atoms with E-state index in [9.17, 15) is 4.79 Å². The van der Waals surface area contributed by atoms with Crippen LogP contribution in [0.5, 0.6) is 5.75 Å². The van der Waals surface area contributed by atoms with Crippen LogP contribution in [0.15, 0.2) is 47.0 Å². The summed E-state index contributed by atoms with van der Waals surface area (Å²) >= 11 is 6.00. The molecule has 2 aromatic carbocycles. The smallest absolute Gasteiger partial charge is 0.260 e. The van der Waals surface area contributed by atoms with Crippen molar-refractivity contribution in [3.05, 3.63) is 64.5 Å². The average molecular weight is 412 g/mol. The predicted molar refractivity (Wildman–Crippen MR) is 110 cm³/mol. The maximum absolute atomic E-state index is 12.4. The van der Waals surface area contributed by atoms with E-state index in [1.165, 1.54) is 28.9 Å². The Morgan fingerprint density at radius 3 is 2.83 bits per heavy atom. The molecule has 1 amide bonds. The van der Waals surface area contributed by atoms with E-state index in [-0.39, 0.29) is 19.1 Å². The number of hydrogen-bond acceptors (Lipinski definition) is 5. The van der Waals surface area contributed by atoms with Crippen LogP contribution in [0.4, 0.5) is 0 Å². The third-order valence-electron chi connectivity index (χ3n) is 5.03. The van der Waals surface area contributed by atoms with Crippen LogP contribution in [0.2, 0.25) is 5.02 Å². The molecule has 0 N–H and O–H groups in total. The molecule has 0 fully saturated rings. The van der Waals surface area contributed by atoms with Crippen LogP contribution < -0.4 is 4.74 Å². The first kappa shape index (κ1) is 19.5. The second-order valence-corrected chi connectivity index (χ2v) is 7.63. The van der Waals surface area contributed by atoms with Crippen LogP contribution in [0, 0.1) is 0 Å². The first-order valence-electron chi connectivity index (χ1n) is 9.65. The van der Waals surface area contributed by atoms with Gasteiger partial charge in [0.15, 0.2) is 6.61 Å².